The predicted molar refractivity (Wildman–Crippen MR) is 116 cm³/mol. The third kappa shape index (κ3) is 6.82. The average molecular weight is 495 g/mol. The van der Waals surface area contributed by atoms with E-state index in [0.717, 1.165) is 22.5 Å². The molecule has 0 bridgehead atoms. The van der Waals surface area contributed by atoms with Crippen LogP contribution in [-0.4, -0.2) is 40.0 Å². The molecule has 1 amide bonds. The molecule has 0 atom stereocenters. The molecule has 0 aromatic heterocycles. The number of alkyl halides is 3. The Morgan fingerprint density at radius 3 is 2.53 bits per heavy atom. The van der Waals surface area contributed by atoms with Crippen molar-refractivity contribution >= 4 is 27.6 Å². The molecule has 2 aromatic rings. The predicted octanol–water partition coefficient (Wildman–Crippen LogP) is 3.27. The van der Waals surface area contributed by atoms with E-state index in [9.17, 15) is 31.2 Å². The van der Waals surface area contributed by atoms with Crippen molar-refractivity contribution in [2.24, 2.45) is 0 Å². The number of carbonyl (C=O) groups is 2. The summed E-state index contributed by atoms with van der Waals surface area (Å²) >= 11 is 0. The van der Waals surface area contributed by atoms with E-state index in [4.69, 9.17) is 10.00 Å². The Morgan fingerprint density at radius 1 is 1.18 bits per heavy atom. The molecule has 0 unspecified atom stereocenters. The molecular formula is C22H20F3N3O5S. The van der Waals surface area contributed by atoms with Crippen molar-refractivity contribution in [3.63, 3.8) is 0 Å². The van der Waals surface area contributed by atoms with Gasteiger partial charge in [-0.05, 0) is 36.4 Å². The summed E-state index contributed by atoms with van der Waals surface area (Å²) in [7, 11) is -4.40. The number of nitriles is 1. The van der Waals surface area contributed by atoms with Crippen LogP contribution in [0.2, 0.25) is 0 Å². The van der Waals surface area contributed by atoms with Crippen molar-refractivity contribution in [2.75, 3.05) is 24.0 Å². The van der Waals surface area contributed by atoms with E-state index < -0.39 is 40.2 Å². The molecule has 1 N–H and O–H groups in total. The first-order chi connectivity index (χ1) is 16.0. The fraction of sp³-hybridized carbons (Fsp3) is 0.227. The molecule has 0 saturated heterocycles. The lowest BCUT2D eigenvalue weighted by molar-refractivity contribution is -0.137. The number of carbonyl (C=O) groups excluding carboxylic acids is 2. The summed E-state index contributed by atoms with van der Waals surface area (Å²) in [5.74, 6) is -1.63. The molecule has 12 heteroatoms. The molecule has 0 aliphatic heterocycles. The van der Waals surface area contributed by atoms with Crippen molar-refractivity contribution in [3.05, 3.63) is 72.3 Å². The van der Waals surface area contributed by atoms with E-state index in [0.29, 0.717) is 6.07 Å². The van der Waals surface area contributed by atoms with Crippen LogP contribution in [0.15, 0.2) is 66.1 Å². The van der Waals surface area contributed by atoms with Gasteiger partial charge < -0.3 is 10.1 Å². The molecule has 0 aliphatic carbocycles. The number of nitrogens with one attached hydrogen (secondary N) is 1. The van der Waals surface area contributed by atoms with Crippen molar-refractivity contribution < 1.29 is 35.9 Å². The maximum atomic E-state index is 13.2. The normalized spacial score (nSPS) is 11.2. The van der Waals surface area contributed by atoms with Crippen LogP contribution >= 0.6 is 0 Å². The number of esters is 1. The van der Waals surface area contributed by atoms with Crippen molar-refractivity contribution in [1.82, 2.24) is 5.32 Å². The summed E-state index contributed by atoms with van der Waals surface area (Å²) < 4.78 is 71.4. The molecule has 0 aliphatic rings. The third-order valence-electron chi connectivity index (χ3n) is 4.31. The van der Waals surface area contributed by atoms with Gasteiger partial charge in [0.15, 0.2) is 6.61 Å². The van der Waals surface area contributed by atoms with Crippen LogP contribution in [0.25, 0.3) is 0 Å². The number of ether oxygens (including phenoxy) is 1. The zero-order valence-corrected chi connectivity index (χ0v) is 18.5. The monoisotopic (exact) mass is 495 g/mol. The first-order valence-electron chi connectivity index (χ1n) is 9.72. The van der Waals surface area contributed by atoms with Gasteiger partial charge in [-0.3, -0.25) is 9.10 Å². The Morgan fingerprint density at radius 2 is 1.88 bits per heavy atom. The fourth-order valence-corrected chi connectivity index (χ4v) is 4.20. The lowest BCUT2D eigenvalue weighted by Gasteiger charge is -2.24. The summed E-state index contributed by atoms with van der Waals surface area (Å²) in [4.78, 5) is 23.5. The van der Waals surface area contributed by atoms with Gasteiger partial charge in [-0.1, -0.05) is 18.2 Å². The number of amides is 1. The first kappa shape index (κ1) is 26.4. The van der Waals surface area contributed by atoms with Gasteiger partial charge >= 0.3 is 12.1 Å². The van der Waals surface area contributed by atoms with Crippen LogP contribution in [-0.2, 0) is 25.7 Å². The summed E-state index contributed by atoms with van der Waals surface area (Å²) in [6, 6.07) is 10.3. The molecule has 0 heterocycles. The lowest BCUT2D eigenvalue weighted by atomic mass is 10.2. The maximum Gasteiger partial charge on any atom is 0.416 e. The molecule has 180 valence electrons. The largest absolute Gasteiger partial charge is 0.452 e. The third-order valence-corrected chi connectivity index (χ3v) is 6.10. The van der Waals surface area contributed by atoms with E-state index in [-0.39, 0.29) is 35.7 Å². The summed E-state index contributed by atoms with van der Waals surface area (Å²) in [6.07, 6.45) is -3.39. The summed E-state index contributed by atoms with van der Waals surface area (Å²) in [5, 5.41) is 10.8. The Kier molecular flexibility index (Phi) is 8.80. The quantitative estimate of drug-likeness (QED) is 0.307. The van der Waals surface area contributed by atoms with Gasteiger partial charge in [-0.25, -0.2) is 13.2 Å². The second-order valence-corrected chi connectivity index (χ2v) is 8.60. The molecule has 0 radical (unpaired) electrons. The van der Waals surface area contributed by atoms with Crippen LogP contribution in [0.1, 0.15) is 22.3 Å². The summed E-state index contributed by atoms with van der Waals surface area (Å²) in [6.45, 7) is 2.56. The molecule has 8 nitrogen and oxygen atoms in total. The van der Waals surface area contributed by atoms with Gasteiger partial charge in [0.05, 0.1) is 40.7 Å². The van der Waals surface area contributed by atoms with Gasteiger partial charge in [0.2, 0.25) is 0 Å². The topological polar surface area (TPSA) is 117 Å². The Labute approximate surface area is 194 Å². The minimum Gasteiger partial charge on any atom is -0.452 e. The molecule has 0 saturated carbocycles. The highest BCUT2D eigenvalue weighted by Crippen LogP contribution is 2.33. The number of hydrogen-bond acceptors (Lipinski definition) is 6. The number of halogens is 3. The lowest BCUT2D eigenvalue weighted by Crippen LogP contribution is -2.31. The van der Waals surface area contributed by atoms with Crippen LogP contribution in [0.5, 0.6) is 0 Å². The van der Waals surface area contributed by atoms with Gasteiger partial charge in [-0.15, -0.1) is 6.58 Å². The highest BCUT2D eigenvalue weighted by molar-refractivity contribution is 7.92. The van der Waals surface area contributed by atoms with E-state index in [1.807, 2.05) is 6.07 Å². The van der Waals surface area contributed by atoms with Crippen molar-refractivity contribution in [2.45, 2.75) is 17.5 Å². The zero-order valence-electron chi connectivity index (χ0n) is 17.7. The highest BCUT2D eigenvalue weighted by Gasteiger charge is 2.32. The van der Waals surface area contributed by atoms with Crippen molar-refractivity contribution in [3.8, 4) is 6.07 Å². The van der Waals surface area contributed by atoms with Gasteiger partial charge in [0.1, 0.15) is 0 Å². The van der Waals surface area contributed by atoms with Gasteiger partial charge in [0, 0.05) is 6.54 Å². The first-order valence-corrected chi connectivity index (χ1v) is 11.2. The minimum atomic E-state index is -4.68. The van der Waals surface area contributed by atoms with E-state index in [1.54, 1.807) is 0 Å². The Bertz CT molecular complexity index is 1210. The standard InChI is InChI=1S/C22H20F3N3O5S/c1-2-12-28(18-8-4-7-17(14-18)22(23,24)25)34(31,32)19-9-3-6-16(13-19)21(30)33-15-20(29)27-11-5-10-26/h2-4,6-9,13-14H,1,5,11-12,15H2,(H,27,29). The molecule has 0 fully saturated rings. The number of hydrogen-bond donors (Lipinski definition) is 1. The smallest absolute Gasteiger partial charge is 0.416 e. The van der Waals surface area contributed by atoms with E-state index in [1.165, 1.54) is 30.3 Å². The highest BCUT2D eigenvalue weighted by atomic mass is 32.2. The van der Waals surface area contributed by atoms with E-state index in [2.05, 4.69) is 11.9 Å². The molecule has 2 aromatic carbocycles. The van der Waals surface area contributed by atoms with Crippen LogP contribution < -0.4 is 9.62 Å². The van der Waals surface area contributed by atoms with Crippen LogP contribution in [0.3, 0.4) is 0 Å². The zero-order chi connectivity index (χ0) is 25.4. The number of anilines is 1. The molecule has 0 spiro atoms. The van der Waals surface area contributed by atoms with Gasteiger partial charge in [-0.2, -0.15) is 18.4 Å². The molecule has 34 heavy (non-hydrogen) atoms. The SMILES string of the molecule is C=CCN(c1cccc(C(F)(F)F)c1)S(=O)(=O)c1cccc(C(=O)OCC(=O)NCCC#N)c1. The number of benzene rings is 2. The average Bonchev–Trinajstić information content (AvgIpc) is 2.80. The Balaban J connectivity index is 2.29. The summed E-state index contributed by atoms with van der Waals surface area (Å²) in [5.41, 5.74) is -1.45. The number of nitrogens with zero attached hydrogens (tertiary/aromatic N) is 2. The van der Waals surface area contributed by atoms with Gasteiger partial charge in [0.25, 0.3) is 15.9 Å². The minimum absolute atomic E-state index is 0.0761. The molecular weight excluding hydrogens is 475 g/mol. The maximum absolute atomic E-state index is 13.2. The Hall–Kier alpha value is -3.85. The second kappa shape index (κ2) is 11.3. The number of rotatable bonds is 10. The van der Waals surface area contributed by atoms with Crippen molar-refractivity contribution in [1.29, 1.82) is 5.26 Å². The molecule has 2 rings (SSSR count). The number of sulfonamides is 1. The van der Waals surface area contributed by atoms with Crippen LogP contribution in [0, 0.1) is 11.3 Å². The van der Waals surface area contributed by atoms with Crippen LogP contribution in [0.4, 0.5) is 18.9 Å². The fourth-order valence-electron chi connectivity index (χ4n) is 2.73. The second-order valence-electron chi connectivity index (χ2n) is 6.73. The van der Waals surface area contributed by atoms with E-state index >= 15 is 0 Å².